The molecule has 1 atom stereocenters. The van der Waals surface area contributed by atoms with Crippen LogP contribution in [0.4, 0.5) is 14.5 Å². The van der Waals surface area contributed by atoms with Crippen molar-refractivity contribution in [1.29, 1.82) is 0 Å². The lowest BCUT2D eigenvalue weighted by Crippen LogP contribution is -2.21. The average molecular weight is 312 g/mol. The van der Waals surface area contributed by atoms with Gasteiger partial charge in [0.25, 0.3) is 0 Å². The minimum absolute atomic E-state index is 0.283. The van der Waals surface area contributed by atoms with Crippen LogP contribution in [0.5, 0.6) is 0 Å². The largest absolute Gasteiger partial charge is 0.310 e. The van der Waals surface area contributed by atoms with Gasteiger partial charge in [-0.3, -0.25) is 15.3 Å². The molecule has 0 radical (unpaired) electrons. The van der Waals surface area contributed by atoms with E-state index in [-0.39, 0.29) is 6.10 Å². The van der Waals surface area contributed by atoms with Crippen LogP contribution in [0.2, 0.25) is 5.02 Å². The third-order valence-electron chi connectivity index (χ3n) is 3.15. The Morgan fingerprint density at radius 3 is 2.76 bits per heavy atom. The highest BCUT2D eigenvalue weighted by Gasteiger charge is 2.26. The van der Waals surface area contributed by atoms with Crippen LogP contribution in [0, 0.1) is 11.6 Å². The van der Waals surface area contributed by atoms with Gasteiger partial charge in [-0.1, -0.05) is 11.6 Å². The predicted octanol–water partition coefficient (Wildman–Crippen LogP) is 3.20. The normalized spacial score (nSPS) is 16.6. The van der Waals surface area contributed by atoms with Gasteiger partial charge in [0.2, 0.25) is 0 Å². The van der Waals surface area contributed by atoms with E-state index in [9.17, 15) is 8.78 Å². The summed E-state index contributed by atoms with van der Waals surface area (Å²) in [7, 11) is 0. The number of fused-ring (bicyclic) bond motifs is 1. The number of anilines is 1. The van der Waals surface area contributed by atoms with Crippen LogP contribution in [-0.4, -0.2) is 11.5 Å². The first-order chi connectivity index (χ1) is 10.1. The molecule has 2 heterocycles. The molecule has 0 saturated carbocycles. The van der Waals surface area contributed by atoms with E-state index in [1.54, 1.807) is 12.4 Å². The number of benzene rings is 1. The summed E-state index contributed by atoms with van der Waals surface area (Å²) >= 11 is 6.09. The maximum Gasteiger partial charge on any atom is 0.126 e. The quantitative estimate of drug-likeness (QED) is 0.910. The second-order valence-corrected chi connectivity index (χ2v) is 5.11. The van der Waals surface area contributed by atoms with Crippen LogP contribution in [0.25, 0.3) is 0 Å². The number of nitrogens with zero attached hydrogens (tertiary/aromatic N) is 1. The van der Waals surface area contributed by atoms with Gasteiger partial charge in [0.15, 0.2) is 0 Å². The van der Waals surface area contributed by atoms with Gasteiger partial charge >= 0.3 is 0 Å². The number of halogens is 3. The first kappa shape index (κ1) is 14.2. The molecule has 1 unspecified atom stereocenters. The molecule has 0 bridgehead atoms. The van der Waals surface area contributed by atoms with Crippen molar-refractivity contribution in [2.45, 2.75) is 12.6 Å². The molecule has 110 valence electrons. The van der Waals surface area contributed by atoms with Crippen molar-refractivity contribution in [3.63, 3.8) is 0 Å². The molecule has 1 aliphatic rings. The van der Waals surface area contributed by atoms with Crippen molar-refractivity contribution in [2.75, 3.05) is 12.0 Å². The minimum atomic E-state index is -0.593. The molecule has 0 aliphatic carbocycles. The van der Waals surface area contributed by atoms with Crippen molar-refractivity contribution >= 4 is 17.3 Å². The summed E-state index contributed by atoms with van der Waals surface area (Å²) in [5.41, 5.74) is 4.83. The van der Waals surface area contributed by atoms with Crippen molar-refractivity contribution in [3.05, 3.63) is 58.4 Å². The molecular formula is C14H12ClF2N3O. The van der Waals surface area contributed by atoms with Gasteiger partial charge in [0, 0.05) is 30.9 Å². The van der Waals surface area contributed by atoms with Crippen LogP contribution in [0.1, 0.15) is 17.2 Å². The molecule has 21 heavy (non-hydrogen) atoms. The maximum atomic E-state index is 13.1. The second kappa shape index (κ2) is 5.93. The fourth-order valence-corrected chi connectivity index (χ4v) is 2.53. The van der Waals surface area contributed by atoms with E-state index in [1.165, 1.54) is 12.1 Å². The molecule has 1 aromatic heterocycles. The summed E-state index contributed by atoms with van der Waals surface area (Å²) in [4.78, 5) is 9.36. The monoisotopic (exact) mass is 311 g/mol. The van der Waals surface area contributed by atoms with E-state index < -0.39 is 11.6 Å². The van der Waals surface area contributed by atoms with Gasteiger partial charge in [0.05, 0.1) is 16.9 Å². The van der Waals surface area contributed by atoms with Crippen molar-refractivity contribution in [3.8, 4) is 0 Å². The zero-order chi connectivity index (χ0) is 14.8. The van der Waals surface area contributed by atoms with E-state index in [4.69, 9.17) is 16.4 Å². The summed E-state index contributed by atoms with van der Waals surface area (Å²) in [6.07, 6.45) is 2.89. The SMILES string of the molecule is Fc1cc(F)cc(CNCC2ONc3cncc(Cl)c32)c1. The average Bonchev–Trinajstić information content (AvgIpc) is 2.82. The number of hydrogen-bond donors (Lipinski definition) is 2. The zero-order valence-electron chi connectivity index (χ0n) is 10.9. The molecule has 0 amide bonds. The molecule has 1 aliphatic heterocycles. The lowest BCUT2D eigenvalue weighted by molar-refractivity contribution is 0.120. The van der Waals surface area contributed by atoms with E-state index in [0.717, 1.165) is 17.3 Å². The second-order valence-electron chi connectivity index (χ2n) is 4.70. The molecule has 2 N–H and O–H groups in total. The number of rotatable bonds is 4. The maximum absolute atomic E-state index is 13.1. The van der Waals surface area contributed by atoms with E-state index in [1.807, 2.05) is 0 Å². The zero-order valence-corrected chi connectivity index (χ0v) is 11.6. The van der Waals surface area contributed by atoms with Crippen molar-refractivity contribution in [1.82, 2.24) is 10.3 Å². The van der Waals surface area contributed by atoms with Crippen LogP contribution in [0.15, 0.2) is 30.6 Å². The van der Waals surface area contributed by atoms with E-state index >= 15 is 0 Å². The minimum Gasteiger partial charge on any atom is -0.310 e. The number of hydrogen-bond acceptors (Lipinski definition) is 4. The summed E-state index contributed by atoms with van der Waals surface area (Å²) in [6.45, 7) is 0.772. The molecular weight excluding hydrogens is 300 g/mol. The number of pyridine rings is 1. The Hall–Kier alpha value is -1.76. The van der Waals surface area contributed by atoms with Crippen LogP contribution in [-0.2, 0) is 11.4 Å². The molecule has 3 rings (SSSR count). The van der Waals surface area contributed by atoms with Crippen LogP contribution < -0.4 is 10.8 Å². The Morgan fingerprint density at radius 1 is 1.24 bits per heavy atom. The lowest BCUT2D eigenvalue weighted by Gasteiger charge is -2.12. The third kappa shape index (κ3) is 3.12. The molecule has 1 aromatic carbocycles. The molecule has 4 nitrogen and oxygen atoms in total. The van der Waals surface area contributed by atoms with Gasteiger partial charge < -0.3 is 5.32 Å². The Morgan fingerprint density at radius 2 is 2.00 bits per heavy atom. The molecule has 0 fully saturated rings. The molecule has 0 spiro atoms. The Balaban J connectivity index is 1.63. The lowest BCUT2D eigenvalue weighted by atomic mass is 10.1. The van der Waals surface area contributed by atoms with Gasteiger partial charge in [-0.15, -0.1) is 0 Å². The van der Waals surface area contributed by atoms with Gasteiger partial charge in [-0.2, -0.15) is 0 Å². The highest BCUT2D eigenvalue weighted by molar-refractivity contribution is 6.31. The van der Waals surface area contributed by atoms with E-state index in [2.05, 4.69) is 15.8 Å². The van der Waals surface area contributed by atoms with Crippen molar-refractivity contribution < 1.29 is 13.6 Å². The van der Waals surface area contributed by atoms with Gasteiger partial charge in [-0.25, -0.2) is 8.78 Å². The highest BCUT2D eigenvalue weighted by Crippen LogP contribution is 2.36. The smallest absolute Gasteiger partial charge is 0.126 e. The first-order valence-corrected chi connectivity index (χ1v) is 6.72. The third-order valence-corrected chi connectivity index (χ3v) is 3.45. The van der Waals surface area contributed by atoms with Crippen LogP contribution >= 0.6 is 11.6 Å². The number of nitrogens with one attached hydrogen (secondary N) is 2. The van der Waals surface area contributed by atoms with Crippen molar-refractivity contribution in [2.24, 2.45) is 0 Å². The van der Waals surface area contributed by atoms with E-state index in [0.29, 0.717) is 23.7 Å². The standard InChI is InChI=1S/C14H12ClF2N3O/c15-11-5-19-6-12-14(11)13(21-20-12)7-18-4-8-1-9(16)3-10(17)2-8/h1-3,5-6,13,18,20H,4,7H2. The summed E-state index contributed by atoms with van der Waals surface area (Å²) in [5.74, 6) is -1.19. The fraction of sp³-hybridized carbons (Fsp3) is 0.214. The topological polar surface area (TPSA) is 46.2 Å². The first-order valence-electron chi connectivity index (χ1n) is 6.34. The summed E-state index contributed by atoms with van der Waals surface area (Å²) in [5, 5.41) is 3.60. The summed E-state index contributed by atoms with van der Waals surface area (Å²) in [6, 6.07) is 3.42. The molecule has 7 heteroatoms. The number of aromatic nitrogens is 1. The van der Waals surface area contributed by atoms with Gasteiger partial charge in [0.1, 0.15) is 17.7 Å². The highest BCUT2D eigenvalue weighted by atomic mass is 35.5. The van der Waals surface area contributed by atoms with Gasteiger partial charge in [-0.05, 0) is 17.7 Å². The molecule has 0 saturated heterocycles. The molecule has 2 aromatic rings. The Bertz CT molecular complexity index is 648. The Labute approximate surface area is 125 Å². The Kier molecular flexibility index (Phi) is 4.01. The summed E-state index contributed by atoms with van der Waals surface area (Å²) < 4.78 is 26.2. The predicted molar refractivity (Wildman–Crippen MR) is 74.8 cm³/mol. The fourth-order valence-electron chi connectivity index (χ4n) is 2.25. The van der Waals surface area contributed by atoms with Crippen LogP contribution in [0.3, 0.4) is 0 Å².